The van der Waals surface area contributed by atoms with Gasteiger partial charge in [-0.25, -0.2) is 9.59 Å². The van der Waals surface area contributed by atoms with Gasteiger partial charge >= 0.3 is 12.0 Å². The molecule has 0 radical (unpaired) electrons. The number of nitrogens with one attached hydrogen (secondary N) is 2. The van der Waals surface area contributed by atoms with Gasteiger partial charge in [-0.2, -0.15) is 0 Å². The maximum atomic E-state index is 11.6. The highest BCUT2D eigenvalue weighted by Gasteiger charge is 2.24. The van der Waals surface area contributed by atoms with Gasteiger partial charge in [-0.3, -0.25) is 0 Å². The second-order valence-electron chi connectivity index (χ2n) is 4.00. The molecule has 0 aliphatic rings. The number of aliphatic hydroxyl groups excluding tert-OH is 1. The number of hydrogen-bond acceptors (Lipinski definition) is 4. The number of hydrogen-bond donors (Lipinski definition) is 4. The van der Waals surface area contributed by atoms with Gasteiger partial charge in [-0.05, 0) is 19.1 Å². The summed E-state index contributed by atoms with van der Waals surface area (Å²) in [6.45, 7) is 1.27. The molecule has 0 aliphatic carbocycles. The highest BCUT2D eigenvalue weighted by atomic mass is 35.5. The highest BCUT2D eigenvalue weighted by Crippen LogP contribution is 2.27. The molecule has 2 atom stereocenters. The van der Waals surface area contributed by atoms with Crippen molar-refractivity contribution < 1.29 is 24.5 Å². The van der Waals surface area contributed by atoms with E-state index in [0.717, 1.165) is 0 Å². The average Bonchev–Trinajstić information content (AvgIpc) is 2.37. The summed E-state index contributed by atoms with van der Waals surface area (Å²) < 4.78 is 4.99. The van der Waals surface area contributed by atoms with Crippen molar-refractivity contribution in [1.29, 1.82) is 0 Å². The summed E-state index contributed by atoms with van der Waals surface area (Å²) in [6.07, 6.45) is -1.22. The number of aliphatic hydroxyl groups is 1. The Hall–Kier alpha value is -1.99. The third-order valence-electron chi connectivity index (χ3n) is 2.44. The molecule has 4 N–H and O–H groups in total. The van der Waals surface area contributed by atoms with Crippen LogP contribution in [0.25, 0.3) is 0 Å². The van der Waals surface area contributed by atoms with Gasteiger partial charge < -0.3 is 25.6 Å². The largest absolute Gasteiger partial charge is 0.495 e. The number of aliphatic carboxylic acids is 1. The van der Waals surface area contributed by atoms with Crippen molar-refractivity contribution in [2.45, 2.75) is 19.1 Å². The number of benzene rings is 1. The summed E-state index contributed by atoms with van der Waals surface area (Å²) in [6, 6.07) is 2.38. The topological polar surface area (TPSA) is 108 Å². The SMILES string of the molecule is COc1cc(NC(=O)N[C@H](C(=O)O)[C@@H](C)O)ccc1Cl. The van der Waals surface area contributed by atoms with Crippen molar-refractivity contribution in [1.82, 2.24) is 5.32 Å². The quantitative estimate of drug-likeness (QED) is 0.656. The highest BCUT2D eigenvalue weighted by molar-refractivity contribution is 6.32. The molecule has 7 nitrogen and oxygen atoms in total. The molecule has 8 heteroatoms. The van der Waals surface area contributed by atoms with E-state index >= 15 is 0 Å². The summed E-state index contributed by atoms with van der Waals surface area (Å²) in [4.78, 5) is 22.5. The fourth-order valence-electron chi connectivity index (χ4n) is 1.43. The standard InChI is InChI=1S/C12H15ClN2O5/c1-6(16)10(11(17)18)15-12(19)14-7-3-4-8(13)9(5-7)20-2/h3-6,10,16H,1-2H3,(H,17,18)(H2,14,15,19)/t6-,10+/m1/s1. The van der Waals surface area contributed by atoms with Crippen LogP contribution in [0.1, 0.15) is 6.92 Å². The fourth-order valence-corrected chi connectivity index (χ4v) is 1.63. The number of amides is 2. The first-order valence-corrected chi connectivity index (χ1v) is 6.05. The second kappa shape index (κ2) is 6.97. The van der Waals surface area contributed by atoms with Crippen LogP contribution in [0.2, 0.25) is 5.02 Å². The van der Waals surface area contributed by atoms with Gasteiger partial charge in [0.2, 0.25) is 0 Å². The van der Waals surface area contributed by atoms with Crippen LogP contribution in [0.4, 0.5) is 10.5 Å². The molecule has 1 rings (SSSR count). The summed E-state index contributed by atoms with van der Waals surface area (Å²) in [5, 5.41) is 23.0. The molecule has 1 aromatic rings. The van der Waals surface area contributed by atoms with E-state index in [1.807, 2.05) is 0 Å². The van der Waals surface area contributed by atoms with E-state index in [-0.39, 0.29) is 0 Å². The van der Waals surface area contributed by atoms with Gasteiger partial charge in [-0.15, -0.1) is 0 Å². The van der Waals surface area contributed by atoms with Crippen LogP contribution in [0.5, 0.6) is 5.75 Å². The minimum absolute atomic E-state index is 0.370. The van der Waals surface area contributed by atoms with Gasteiger partial charge in [0, 0.05) is 11.8 Å². The first-order valence-electron chi connectivity index (χ1n) is 5.67. The van der Waals surface area contributed by atoms with Crippen molar-refractivity contribution in [2.24, 2.45) is 0 Å². The van der Waals surface area contributed by atoms with Crippen LogP contribution in [0.15, 0.2) is 18.2 Å². The Morgan fingerprint density at radius 1 is 1.40 bits per heavy atom. The summed E-state index contributed by atoms with van der Waals surface area (Å²) in [5.41, 5.74) is 0.374. The predicted octanol–water partition coefficient (Wildman–Crippen LogP) is 1.30. The lowest BCUT2D eigenvalue weighted by atomic mass is 10.2. The molecule has 1 aromatic carbocycles. The second-order valence-corrected chi connectivity index (χ2v) is 4.41. The number of ether oxygens (including phenoxy) is 1. The lowest BCUT2D eigenvalue weighted by Crippen LogP contribution is -2.49. The lowest BCUT2D eigenvalue weighted by molar-refractivity contribution is -0.141. The van der Waals surface area contributed by atoms with Gasteiger partial charge in [0.15, 0.2) is 6.04 Å². The minimum atomic E-state index is -1.40. The van der Waals surface area contributed by atoms with E-state index < -0.39 is 24.1 Å². The lowest BCUT2D eigenvalue weighted by Gasteiger charge is -2.17. The number of carboxylic acid groups (broad SMARTS) is 1. The number of anilines is 1. The zero-order chi connectivity index (χ0) is 15.3. The van der Waals surface area contributed by atoms with Crippen molar-refractivity contribution in [3.05, 3.63) is 23.2 Å². The van der Waals surface area contributed by atoms with Crippen LogP contribution in [-0.2, 0) is 4.79 Å². The van der Waals surface area contributed by atoms with Crippen LogP contribution in [0.3, 0.4) is 0 Å². The Kier molecular flexibility index (Phi) is 5.60. The number of halogens is 1. The van der Waals surface area contributed by atoms with Crippen molar-refractivity contribution in [3.8, 4) is 5.75 Å². The number of rotatable bonds is 5. The fraction of sp³-hybridized carbons (Fsp3) is 0.333. The van der Waals surface area contributed by atoms with Crippen molar-refractivity contribution in [3.63, 3.8) is 0 Å². The average molecular weight is 303 g/mol. The van der Waals surface area contributed by atoms with E-state index in [1.165, 1.54) is 32.2 Å². The number of carboxylic acids is 1. The van der Waals surface area contributed by atoms with E-state index in [9.17, 15) is 14.7 Å². The molecular formula is C12H15ClN2O5. The van der Waals surface area contributed by atoms with Gasteiger partial charge in [0.1, 0.15) is 5.75 Å². The van der Waals surface area contributed by atoms with Crippen LogP contribution in [0, 0.1) is 0 Å². The Morgan fingerprint density at radius 3 is 2.55 bits per heavy atom. The normalized spacial score (nSPS) is 13.2. The summed E-state index contributed by atoms with van der Waals surface area (Å²) in [5.74, 6) is -0.960. The zero-order valence-electron chi connectivity index (χ0n) is 10.9. The van der Waals surface area contributed by atoms with E-state index in [4.69, 9.17) is 21.4 Å². The smallest absolute Gasteiger partial charge is 0.328 e. The maximum absolute atomic E-state index is 11.6. The van der Waals surface area contributed by atoms with Gasteiger partial charge in [0.05, 0.1) is 18.2 Å². The monoisotopic (exact) mass is 302 g/mol. The Balaban J connectivity index is 2.73. The van der Waals surface area contributed by atoms with E-state index in [2.05, 4.69) is 10.6 Å². The molecular weight excluding hydrogens is 288 g/mol. The predicted molar refractivity (Wildman–Crippen MR) is 73.3 cm³/mol. The Morgan fingerprint density at radius 2 is 2.05 bits per heavy atom. The summed E-state index contributed by atoms with van der Waals surface area (Å²) in [7, 11) is 1.43. The van der Waals surface area contributed by atoms with Crippen molar-refractivity contribution in [2.75, 3.05) is 12.4 Å². The summed E-state index contributed by atoms with van der Waals surface area (Å²) >= 11 is 5.84. The Labute approximate surface area is 120 Å². The molecule has 0 bridgehead atoms. The number of methoxy groups -OCH3 is 1. The molecule has 2 amide bonds. The minimum Gasteiger partial charge on any atom is -0.495 e. The first kappa shape index (κ1) is 16.1. The molecule has 0 spiro atoms. The zero-order valence-corrected chi connectivity index (χ0v) is 11.6. The maximum Gasteiger partial charge on any atom is 0.328 e. The number of urea groups is 1. The van der Waals surface area contributed by atoms with Crippen LogP contribution >= 0.6 is 11.6 Å². The first-order chi connectivity index (χ1) is 9.35. The van der Waals surface area contributed by atoms with E-state index in [0.29, 0.717) is 16.5 Å². The molecule has 0 saturated heterocycles. The number of carbonyl (C=O) groups is 2. The van der Waals surface area contributed by atoms with Crippen LogP contribution < -0.4 is 15.4 Å². The molecule has 0 heterocycles. The number of carbonyl (C=O) groups excluding carboxylic acids is 1. The molecule has 0 fully saturated rings. The molecule has 0 aromatic heterocycles. The third-order valence-corrected chi connectivity index (χ3v) is 2.76. The van der Waals surface area contributed by atoms with E-state index in [1.54, 1.807) is 0 Å². The van der Waals surface area contributed by atoms with Crippen molar-refractivity contribution >= 4 is 29.3 Å². The van der Waals surface area contributed by atoms with Crippen LogP contribution in [-0.4, -0.2) is 41.5 Å². The molecule has 20 heavy (non-hydrogen) atoms. The van der Waals surface area contributed by atoms with Gasteiger partial charge in [-0.1, -0.05) is 11.6 Å². The molecule has 110 valence electrons. The molecule has 0 saturated carbocycles. The molecule has 0 aliphatic heterocycles. The third kappa shape index (κ3) is 4.29. The van der Waals surface area contributed by atoms with Gasteiger partial charge in [0.25, 0.3) is 0 Å². The molecule has 0 unspecified atom stereocenters. The Bertz CT molecular complexity index is 507.